The van der Waals surface area contributed by atoms with E-state index < -0.39 is 12.0 Å². The number of nitrogens with zero attached hydrogens (tertiary/aromatic N) is 2. The number of carbonyl (C=O) groups is 2. The molecule has 1 fully saturated rings. The highest BCUT2D eigenvalue weighted by atomic mass is 16.5. The molecule has 0 spiro atoms. The maximum atomic E-state index is 12.6. The first-order valence-electron chi connectivity index (χ1n) is 12.2. The van der Waals surface area contributed by atoms with Gasteiger partial charge in [0.15, 0.2) is 0 Å². The number of aryl methyl sites for hydroxylation is 4. The van der Waals surface area contributed by atoms with Gasteiger partial charge in [-0.15, -0.1) is 0 Å². The summed E-state index contributed by atoms with van der Waals surface area (Å²) in [6.45, 7) is 4.89. The lowest BCUT2D eigenvalue weighted by Crippen LogP contribution is -2.42. The minimum Gasteiger partial charge on any atom is -0.480 e. The molecule has 0 aromatic carbocycles. The van der Waals surface area contributed by atoms with Gasteiger partial charge in [0.25, 0.3) is 5.91 Å². The molecule has 0 bridgehead atoms. The minimum absolute atomic E-state index is 0.165. The highest BCUT2D eigenvalue weighted by molar-refractivity contribution is 5.98. The van der Waals surface area contributed by atoms with Crippen LogP contribution in [0.1, 0.15) is 64.8 Å². The van der Waals surface area contributed by atoms with E-state index in [2.05, 4.69) is 27.8 Å². The predicted molar refractivity (Wildman–Crippen MR) is 129 cm³/mol. The van der Waals surface area contributed by atoms with Crippen LogP contribution in [0.2, 0.25) is 0 Å². The third-order valence-electron chi connectivity index (χ3n) is 6.87. The van der Waals surface area contributed by atoms with Crippen LogP contribution in [0.5, 0.6) is 0 Å². The van der Waals surface area contributed by atoms with Crippen LogP contribution in [0.15, 0.2) is 24.5 Å². The molecule has 1 aliphatic carbocycles. The van der Waals surface area contributed by atoms with E-state index in [1.165, 1.54) is 12.0 Å². The van der Waals surface area contributed by atoms with Crippen molar-refractivity contribution in [1.82, 2.24) is 15.3 Å². The number of aromatic nitrogens is 2. The lowest BCUT2D eigenvalue weighted by atomic mass is 9.79. The monoisotopic (exact) mass is 466 g/mol. The van der Waals surface area contributed by atoms with Crippen molar-refractivity contribution in [1.29, 1.82) is 0 Å². The second kappa shape index (κ2) is 11.0. The molecule has 2 aliphatic rings. The molecular weight excluding hydrogens is 432 g/mol. The van der Waals surface area contributed by atoms with Crippen molar-refractivity contribution in [2.24, 2.45) is 5.92 Å². The van der Waals surface area contributed by atoms with Crippen LogP contribution in [-0.2, 0) is 22.4 Å². The zero-order valence-corrected chi connectivity index (χ0v) is 20.0. The molecule has 1 amide bonds. The van der Waals surface area contributed by atoms with Crippen molar-refractivity contribution in [3.63, 3.8) is 0 Å². The summed E-state index contributed by atoms with van der Waals surface area (Å²) >= 11 is 0. The zero-order valence-electron chi connectivity index (χ0n) is 20.0. The summed E-state index contributed by atoms with van der Waals surface area (Å²) in [6.07, 6.45) is 9.91. The first-order valence-corrected chi connectivity index (χ1v) is 12.2. The third kappa shape index (κ3) is 5.91. The molecule has 3 N–H and O–H groups in total. The highest BCUT2D eigenvalue weighted by Gasteiger charge is 2.30. The summed E-state index contributed by atoms with van der Waals surface area (Å²) in [7, 11) is 0. The first kappa shape index (κ1) is 24.1. The Bertz CT molecular complexity index is 1020. The number of carboxylic acid groups (broad SMARTS) is 1. The summed E-state index contributed by atoms with van der Waals surface area (Å²) in [6, 6.07) is 3.36. The summed E-state index contributed by atoms with van der Waals surface area (Å²) in [5.41, 5.74) is 4.37. The van der Waals surface area contributed by atoms with Crippen molar-refractivity contribution in [3.05, 3.63) is 52.5 Å². The van der Waals surface area contributed by atoms with Crippen molar-refractivity contribution < 1.29 is 19.4 Å². The molecule has 1 aliphatic heterocycles. The molecule has 4 rings (SSSR count). The Balaban J connectivity index is 1.17. The molecule has 2 aromatic heterocycles. The summed E-state index contributed by atoms with van der Waals surface area (Å²) in [4.78, 5) is 33.1. The first-order chi connectivity index (χ1) is 16.4. The highest BCUT2D eigenvalue weighted by Crippen LogP contribution is 2.34. The number of amides is 1. The molecule has 8 heteroatoms. The molecule has 3 heterocycles. The lowest BCUT2D eigenvalue weighted by molar-refractivity contribution is -0.140. The maximum absolute atomic E-state index is 12.6. The number of fused-ring (bicyclic) bond motifs is 1. The SMILES string of the molecule is Cc1cncc(C)c1C(=O)NC(CCO[C@H]1C[C@@H](CCc2ccc3c(n2)NCCC3)C1)C(=O)O. The maximum Gasteiger partial charge on any atom is 0.326 e. The Morgan fingerprint density at radius 2 is 2.00 bits per heavy atom. The number of anilines is 1. The van der Waals surface area contributed by atoms with Crippen molar-refractivity contribution in [2.45, 2.75) is 70.9 Å². The fourth-order valence-electron chi connectivity index (χ4n) is 4.81. The van der Waals surface area contributed by atoms with Crippen LogP contribution >= 0.6 is 0 Å². The number of nitrogens with one attached hydrogen (secondary N) is 2. The average Bonchev–Trinajstić information content (AvgIpc) is 2.78. The summed E-state index contributed by atoms with van der Waals surface area (Å²) < 4.78 is 5.90. The number of pyridine rings is 2. The van der Waals surface area contributed by atoms with Crippen molar-refractivity contribution in [2.75, 3.05) is 18.5 Å². The van der Waals surface area contributed by atoms with Gasteiger partial charge in [-0.3, -0.25) is 9.78 Å². The standard InChI is InChI=1S/C26H34N4O4/c1-16-14-27-15-17(2)23(16)25(31)30-22(26(32)33)9-11-34-21-12-18(13-21)5-7-20-8-6-19-4-3-10-28-24(19)29-20/h6,8,14-15,18,21-22H,3-5,7,9-13H2,1-2H3,(H,28,29)(H,30,31)(H,32,33)/t18-,21+,22?. The van der Waals surface area contributed by atoms with Crippen LogP contribution < -0.4 is 10.6 Å². The van der Waals surface area contributed by atoms with Gasteiger partial charge in [0.2, 0.25) is 0 Å². The van der Waals surface area contributed by atoms with Crippen LogP contribution in [0.25, 0.3) is 0 Å². The predicted octanol–water partition coefficient (Wildman–Crippen LogP) is 3.45. The number of rotatable bonds is 10. The Kier molecular flexibility index (Phi) is 7.77. The normalized spacial score (nSPS) is 19.9. The Labute approximate surface area is 200 Å². The molecule has 2 aromatic rings. The van der Waals surface area contributed by atoms with Gasteiger partial charge in [-0.05, 0) is 81.0 Å². The second-order valence-corrected chi connectivity index (χ2v) is 9.51. The number of carbonyl (C=O) groups excluding carboxylic acids is 1. The quantitative estimate of drug-likeness (QED) is 0.491. The van der Waals surface area contributed by atoms with Gasteiger partial charge in [0.1, 0.15) is 11.9 Å². The number of hydrogen-bond donors (Lipinski definition) is 3. The van der Waals surface area contributed by atoms with Gasteiger partial charge >= 0.3 is 5.97 Å². The molecule has 34 heavy (non-hydrogen) atoms. The molecule has 182 valence electrons. The van der Waals surface area contributed by atoms with Crippen molar-refractivity contribution >= 4 is 17.7 Å². The number of carboxylic acids is 1. The van der Waals surface area contributed by atoms with E-state index in [4.69, 9.17) is 9.72 Å². The van der Waals surface area contributed by atoms with Gasteiger partial charge < -0.3 is 20.5 Å². The van der Waals surface area contributed by atoms with E-state index in [-0.39, 0.29) is 18.4 Å². The molecule has 0 radical (unpaired) electrons. The van der Waals surface area contributed by atoms with E-state index in [1.807, 2.05) is 0 Å². The van der Waals surface area contributed by atoms with Gasteiger partial charge in [-0.2, -0.15) is 0 Å². The molecule has 1 unspecified atom stereocenters. The van der Waals surface area contributed by atoms with Crippen LogP contribution in [0.4, 0.5) is 5.82 Å². The largest absolute Gasteiger partial charge is 0.480 e. The number of aliphatic carboxylic acids is 1. The van der Waals surface area contributed by atoms with Gasteiger partial charge in [0, 0.05) is 43.2 Å². The smallest absolute Gasteiger partial charge is 0.326 e. The molecular formula is C26H34N4O4. The van der Waals surface area contributed by atoms with Crippen molar-refractivity contribution in [3.8, 4) is 0 Å². The van der Waals surface area contributed by atoms with E-state index in [1.54, 1.807) is 26.2 Å². The van der Waals surface area contributed by atoms with Crippen LogP contribution in [0, 0.1) is 19.8 Å². The van der Waals surface area contributed by atoms with Crippen LogP contribution in [0.3, 0.4) is 0 Å². The molecule has 1 atom stereocenters. The Morgan fingerprint density at radius 1 is 1.24 bits per heavy atom. The average molecular weight is 467 g/mol. The summed E-state index contributed by atoms with van der Waals surface area (Å²) in [5, 5.41) is 15.6. The number of hydrogen-bond acceptors (Lipinski definition) is 6. The minimum atomic E-state index is -1.06. The topological polar surface area (TPSA) is 113 Å². The van der Waals surface area contributed by atoms with E-state index in [0.29, 0.717) is 18.1 Å². The molecule has 1 saturated carbocycles. The second-order valence-electron chi connectivity index (χ2n) is 9.51. The Hall–Kier alpha value is -3.00. The summed E-state index contributed by atoms with van der Waals surface area (Å²) in [5.74, 6) is 0.218. The lowest BCUT2D eigenvalue weighted by Gasteiger charge is -2.35. The molecule has 0 saturated heterocycles. The van der Waals surface area contributed by atoms with Crippen LogP contribution in [-0.4, -0.2) is 52.2 Å². The number of ether oxygens (including phenoxy) is 1. The van der Waals surface area contributed by atoms with Gasteiger partial charge in [-0.25, -0.2) is 9.78 Å². The third-order valence-corrected chi connectivity index (χ3v) is 6.87. The van der Waals surface area contributed by atoms with E-state index in [9.17, 15) is 14.7 Å². The van der Waals surface area contributed by atoms with E-state index in [0.717, 1.165) is 61.3 Å². The fraction of sp³-hybridized carbons (Fsp3) is 0.538. The van der Waals surface area contributed by atoms with Gasteiger partial charge in [0.05, 0.1) is 6.10 Å². The zero-order chi connectivity index (χ0) is 24.1. The fourth-order valence-corrected chi connectivity index (χ4v) is 4.81. The van der Waals surface area contributed by atoms with E-state index >= 15 is 0 Å². The Morgan fingerprint density at radius 3 is 2.74 bits per heavy atom. The molecule has 8 nitrogen and oxygen atoms in total. The van der Waals surface area contributed by atoms with Gasteiger partial charge in [-0.1, -0.05) is 6.07 Å².